The Morgan fingerprint density at radius 2 is 1.77 bits per heavy atom. The number of rotatable bonds is 5. The van der Waals surface area contributed by atoms with Gasteiger partial charge in [0, 0.05) is 17.1 Å². The Labute approximate surface area is 173 Å². The van der Waals surface area contributed by atoms with Gasteiger partial charge in [0.1, 0.15) is 0 Å². The summed E-state index contributed by atoms with van der Waals surface area (Å²) in [5.41, 5.74) is 3.99. The highest BCUT2D eigenvalue weighted by atomic mass is 16.5. The number of pyridine rings is 2. The van der Waals surface area contributed by atoms with Crippen LogP contribution in [-0.4, -0.2) is 28.5 Å². The van der Waals surface area contributed by atoms with Crippen LogP contribution in [0.1, 0.15) is 16.1 Å². The van der Waals surface area contributed by atoms with Crippen molar-refractivity contribution in [3.05, 3.63) is 90.3 Å². The van der Waals surface area contributed by atoms with Crippen LogP contribution >= 0.6 is 0 Å². The van der Waals surface area contributed by atoms with Crippen molar-refractivity contribution in [3.63, 3.8) is 0 Å². The average Bonchev–Trinajstić information content (AvgIpc) is 2.78. The molecule has 0 aliphatic rings. The fourth-order valence-electron chi connectivity index (χ4n) is 3.15. The van der Waals surface area contributed by atoms with Crippen molar-refractivity contribution in [1.82, 2.24) is 9.97 Å². The number of esters is 1. The van der Waals surface area contributed by atoms with E-state index in [0.29, 0.717) is 16.9 Å². The first-order valence-electron chi connectivity index (χ1n) is 9.45. The van der Waals surface area contributed by atoms with Crippen LogP contribution in [0, 0.1) is 6.92 Å². The zero-order valence-corrected chi connectivity index (χ0v) is 16.3. The van der Waals surface area contributed by atoms with E-state index in [1.807, 2.05) is 42.5 Å². The molecule has 30 heavy (non-hydrogen) atoms. The van der Waals surface area contributed by atoms with Gasteiger partial charge in [-0.1, -0.05) is 36.4 Å². The fraction of sp³-hybridized carbons (Fsp3) is 0.0833. The Morgan fingerprint density at radius 1 is 0.933 bits per heavy atom. The predicted octanol–water partition coefficient (Wildman–Crippen LogP) is 4.40. The van der Waals surface area contributed by atoms with Crippen LogP contribution < -0.4 is 5.32 Å². The maximum Gasteiger partial charge on any atom is 0.340 e. The van der Waals surface area contributed by atoms with E-state index in [1.54, 1.807) is 43.5 Å². The monoisotopic (exact) mass is 397 g/mol. The first-order valence-corrected chi connectivity index (χ1v) is 9.45. The summed E-state index contributed by atoms with van der Waals surface area (Å²) in [5, 5.41) is 3.58. The molecule has 4 rings (SSSR count). The van der Waals surface area contributed by atoms with Crippen molar-refractivity contribution in [2.24, 2.45) is 0 Å². The van der Waals surface area contributed by atoms with Crippen molar-refractivity contribution in [2.45, 2.75) is 6.92 Å². The second-order valence-electron chi connectivity index (χ2n) is 6.70. The quantitative estimate of drug-likeness (QED) is 0.505. The minimum Gasteiger partial charge on any atom is -0.452 e. The van der Waals surface area contributed by atoms with Gasteiger partial charge in [0.15, 0.2) is 6.61 Å². The molecule has 6 heteroatoms. The predicted molar refractivity (Wildman–Crippen MR) is 115 cm³/mol. The molecule has 0 bridgehead atoms. The van der Waals surface area contributed by atoms with Gasteiger partial charge in [-0.25, -0.2) is 4.79 Å². The molecule has 0 aliphatic carbocycles. The highest BCUT2D eigenvalue weighted by Crippen LogP contribution is 2.21. The highest BCUT2D eigenvalue weighted by molar-refractivity contribution is 6.02. The molecule has 1 amide bonds. The number of hydrogen-bond acceptors (Lipinski definition) is 5. The van der Waals surface area contributed by atoms with Gasteiger partial charge in [-0.15, -0.1) is 0 Å². The Bertz CT molecular complexity index is 1220. The van der Waals surface area contributed by atoms with Crippen LogP contribution in [-0.2, 0) is 9.53 Å². The van der Waals surface area contributed by atoms with E-state index in [0.717, 1.165) is 22.2 Å². The molecule has 2 heterocycles. The summed E-state index contributed by atoms with van der Waals surface area (Å²) < 4.78 is 5.19. The lowest BCUT2D eigenvalue weighted by atomic mass is 10.1. The van der Waals surface area contributed by atoms with Gasteiger partial charge in [0.2, 0.25) is 0 Å². The summed E-state index contributed by atoms with van der Waals surface area (Å²) in [4.78, 5) is 33.5. The number of amides is 1. The summed E-state index contributed by atoms with van der Waals surface area (Å²) >= 11 is 0. The number of benzene rings is 2. The molecule has 0 spiro atoms. The van der Waals surface area contributed by atoms with Crippen molar-refractivity contribution in [1.29, 1.82) is 0 Å². The smallest absolute Gasteiger partial charge is 0.340 e. The molecule has 1 N–H and O–H groups in total. The third kappa shape index (κ3) is 4.17. The average molecular weight is 397 g/mol. The van der Waals surface area contributed by atoms with Gasteiger partial charge in [-0.3, -0.25) is 14.8 Å². The van der Waals surface area contributed by atoms with Gasteiger partial charge in [-0.05, 0) is 43.3 Å². The molecule has 0 saturated carbocycles. The number of ether oxygens (including phenoxy) is 1. The summed E-state index contributed by atoms with van der Waals surface area (Å²) in [6.07, 6.45) is 1.69. The molecule has 0 saturated heterocycles. The summed E-state index contributed by atoms with van der Waals surface area (Å²) in [6.45, 7) is 1.35. The SMILES string of the molecule is Cc1nc(-c2ccccc2)ccc1C(=O)OCC(=O)Nc1cccc2ncccc12. The maximum atomic E-state index is 12.4. The van der Waals surface area contributed by atoms with Gasteiger partial charge in [0.05, 0.1) is 28.2 Å². The van der Waals surface area contributed by atoms with Gasteiger partial charge in [0.25, 0.3) is 5.91 Å². The lowest BCUT2D eigenvalue weighted by molar-refractivity contribution is -0.119. The fourth-order valence-corrected chi connectivity index (χ4v) is 3.15. The third-order valence-corrected chi connectivity index (χ3v) is 4.63. The van der Waals surface area contributed by atoms with Crippen LogP contribution in [0.25, 0.3) is 22.2 Å². The van der Waals surface area contributed by atoms with E-state index in [-0.39, 0.29) is 0 Å². The molecule has 0 atom stereocenters. The molecular formula is C24H19N3O3. The second-order valence-corrected chi connectivity index (χ2v) is 6.70. The Hall–Kier alpha value is -4.06. The molecule has 0 radical (unpaired) electrons. The van der Waals surface area contributed by atoms with Crippen LogP contribution in [0.4, 0.5) is 5.69 Å². The number of hydrogen-bond donors (Lipinski definition) is 1. The molecule has 148 valence electrons. The molecule has 2 aromatic heterocycles. The van der Waals surface area contributed by atoms with E-state index < -0.39 is 18.5 Å². The van der Waals surface area contributed by atoms with E-state index in [2.05, 4.69) is 15.3 Å². The van der Waals surface area contributed by atoms with E-state index in [1.165, 1.54) is 0 Å². The second kappa shape index (κ2) is 8.53. The number of anilines is 1. The Kier molecular flexibility index (Phi) is 5.48. The van der Waals surface area contributed by atoms with Crippen molar-refractivity contribution in [3.8, 4) is 11.3 Å². The summed E-state index contributed by atoms with van der Waals surface area (Å²) in [7, 11) is 0. The maximum absolute atomic E-state index is 12.4. The summed E-state index contributed by atoms with van der Waals surface area (Å²) in [5.74, 6) is -1.01. The Morgan fingerprint density at radius 3 is 2.57 bits per heavy atom. The summed E-state index contributed by atoms with van der Waals surface area (Å²) in [6, 6.07) is 22.2. The highest BCUT2D eigenvalue weighted by Gasteiger charge is 2.15. The van der Waals surface area contributed by atoms with Crippen LogP contribution in [0.3, 0.4) is 0 Å². The van der Waals surface area contributed by atoms with Gasteiger partial charge < -0.3 is 10.1 Å². The minimum atomic E-state index is -0.589. The van der Waals surface area contributed by atoms with Gasteiger partial charge in [-0.2, -0.15) is 0 Å². The molecule has 4 aromatic rings. The molecule has 6 nitrogen and oxygen atoms in total. The first-order chi connectivity index (χ1) is 14.6. The van der Waals surface area contributed by atoms with Crippen molar-refractivity contribution in [2.75, 3.05) is 11.9 Å². The molecule has 0 fully saturated rings. The normalized spacial score (nSPS) is 10.6. The molecular weight excluding hydrogens is 378 g/mol. The Balaban J connectivity index is 1.41. The zero-order valence-electron chi connectivity index (χ0n) is 16.3. The third-order valence-electron chi connectivity index (χ3n) is 4.63. The van der Waals surface area contributed by atoms with Crippen molar-refractivity contribution >= 4 is 28.5 Å². The standard InChI is InChI=1S/C24H19N3O3/c1-16-18(12-13-20(26-16)17-7-3-2-4-8-17)24(29)30-15-23(28)27-22-11-5-10-21-19(22)9-6-14-25-21/h2-14H,15H2,1H3,(H,27,28). The first kappa shape index (κ1) is 19.3. The van der Waals surface area contributed by atoms with Crippen LogP contribution in [0.2, 0.25) is 0 Å². The van der Waals surface area contributed by atoms with E-state index >= 15 is 0 Å². The number of fused-ring (bicyclic) bond motifs is 1. The lowest BCUT2D eigenvalue weighted by Gasteiger charge is -2.10. The minimum absolute atomic E-state index is 0.330. The lowest BCUT2D eigenvalue weighted by Crippen LogP contribution is -2.21. The molecule has 0 aliphatic heterocycles. The van der Waals surface area contributed by atoms with Gasteiger partial charge >= 0.3 is 5.97 Å². The topological polar surface area (TPSA) is 81.2 Å². The molecule has 2 aromatic carbocycles. The number of carbonyl (C=O) groups excluding carboxylic acids is 2. The van der Waals surface area contributed by atoms with Crippen molar-refractivity contribution < 1.29 is 14.3 Å². The largest absolute Gasteiger partial charge is 0.452 e. The number of nitrogens with one attached hydrogen (secondary N) is 1. The van der Waals surface area contributed by atoms with Crippen LogP contribution in [0.5, 0.6) is 0 Å². The van der Waals surface area contributed by atoms with E-state index in [9.17, 15) is 9.59 Å². The number of aromatic nitrogens is 2. The zero-order chi connectivity index (χ0) is 20.9. The molecule has 0 unspecified atom stereocenters. The van der Waals surface area contributed by atoms with E-state index in [4.69, 9.17) is 4.74 Å². The number of aryl methyl sites for hydroxylation is 1. The van der Waals surface area contributed by atoms with Crippen LogP contribution in [0.15, 0.2) is 79.0 Å². The number of nitrogens with zero attached hydrogens (tertiary/aromatic N) is 2. The number of carbonyl (C=O) groups is 2.